The number of hydrogen-bond acceptors (Lipinski definition) is 7. The minimum Gasteiger partial charge on any atom is -0.462 e. The van der Waals surface area contributed by atoms with E-state index in [4.69, 9.17) is 19.9 Å². The summed E-state index contributed by atoms with van der Waals surface area (Å²) in [7, 11) is 0. The zero-order valence-corrected chi connectivity index (χ0v) is 23.3. The molecule has 216 valence electrons. The molecule has 3 N–H and O–H groups in total. The molecule has 9 nitrogen and oxygen atoms in total. The molecule has 1 aromatic carbocycles. The highest BCUT2D eigenvalue weighted by molar-refractivity contribution is 5.75. The van der Waals surface area contributed by atoms with Crippen molar-refractivity contribution >= 4 is 12.0 Å². The fourth-order valence-electron chi connectivity index (χ4n) is 6.95. The number of nitrogens with two attached hydrogens (primary N) is 1. The largest absolute Gasteiger partial charge is 0.462 e. The van der Waals surface area contributed by atoms with E-state index in [0.717, 1.165) is 24.8 Å². The van der Waals surface area contributed by atoms with Gasteiger partial charge in [-0.25, -0.2) is 4.79 Å². The topological polar surface area (TPSA) is 115 Å². The Morgan fingerprint density at radius 2 is 1.92 bits per heavy atom. The number of likely N-dealkylation sites (tertiary alicyclic amines) is 1. The van der Waals surface area contributed by atoms with Gasteiger partial charge in [-0.3, -0.25) is 4.79 Å². The molecule has 0 aromatic heterocycles. The first kappa shape index (κ1) is 28.3. The molecule has 0 spiro atoms. The molecule has 8 atom stereocenters. The Morgan fingerprint density at radius 1 is 1.15 bits per heavy atom. The number of hydrogen-bond donors (Lipinski definition) is 2. The standard InChI is InChI=1S/C30H45N3O6/c1-19(2)14-33(30(36)32-10-6-9-23(31)15-32)16-26(34)21(11-20-7-4-3-5-8-20)13-27(35)39-28-22-12-24-25(28)18-38-29(24)37-17-22/h3-5,7-8,19,21-26,28-29,34H,6,9-18,31H2,1-2H3/t21-,22?,23?,24?,25?,26-,28?,29?/m1/s1. The van der Waals surface area contributed by atoms with Crippen molar-refractivity contribution in [3.63, 3.8) is 0 Å². The first-order chi connectivity index (χ1) is 18.8. The maximum Gasteiger partial charge on any atom is 0.320 e. The van der Waals surface area contributed by atoms with E-state index in [0.29, 0.717) is 45.2 Å². The number of ether oxygens (including phenoxy) is 3. The van der Waals surface area contributed by atoms with Gasteiger partial charge in [-0.2, -0.15) is 0 Å². The summed E-state index contributed by atoms with van der Waals surface area (Å²) in [5.41, 5.74) is 7.18. The smallest absolute Gasteiger partial charge is 0.320 e. The number of carbonyl (C=O) groups is 2. The van der Waals surface area contributed by atoms with E-state index in [1.165, 1.54) is 0 Å². The Balaban J connectivity index is 1.27. The van der Waals surface area contributed by atoms with E-state index in [9.17, 15) is 14.7 Å². The summed E-state index contributed by atoms with van der Waals surface area (Å²) < 4.78 is 17.7. The number of benzene rings is 1. The minimum absolute atomic E-state index is 0.0184. The number of carbonyl (C=O) groups excluding carboxylic acids is 2. The normalized spacial score (nSPS) is 31.3. The van der Waals surface area contributed by atoms with Gasteiger partial charge in [0.15, 0.2) is 6.29 Å². The Hall–Kier alpha value is -2.20. The van der Waals surface area contributed by atoms with Gasteiger partial charge in [-0.15, -0.1) is 0 Å². The van der Waals surface area contributed by atoms with E-state index in [2.05, 4.69) is 13.8 Å². The second kappa shape index (κ2) is 12.5. The van der Waals surface area contributed by atoms with Crippen LogP contribution in [0, 0.1) is 29.6 Å². The molecule has 3 heterocycles. The fourth-order valence-corrected chi connectivity index (χ4v) is 6.95. The lowest BCUT2D eigenvalue weighted by Gasteiger charge is -2.37. The monoisotopic (exact) mass is 543 g/mol. The van der Waals surface area contributed by atoms with E-state index < -0.39 is 12.0 Å². The van der Waals surface area contributed by atoms with Crippen molar-refractivity contribution in [3.05, 3.63) is 35.9 Å². The van der Waals surface area contributed by atoms with Crippen LogP contribution in [0.2, 0.25) is 0 Å². The van der Waals surface area contributed by atoms with Crippen LogP contribution in [0.1, 0.15) is 45.1 Å². The Bertz CT molecular complexity index is 977. The minimum atomic E-state index is -0.885. The Morgan fingerprint density at radius 3 is 2.67 bits per heavy atom. The van der Waals surface area contributed by atoms with E-state index in [1.807, 2.05) is 30.3 Å². The molecular formula is C30H45N3O6. The average Bonchev–Trinajstić information content (AvgIpc) is 3.44. The third-order valence-corrected chi connectivity index (χ3v) is 8.86. The second-order valence-corrected chi connectivity index (χ2v) is 12.5. The van der Waals surface area contributed by atoms with Gasteiger partial charge in [-0.1, -0.05) is 44.2 Å². The summed E-state index contributed by atoms with van der Waals surface area (Å²) in [6.45, 7) is 7.13. The summed E-state index contributed by atoms with van der Waals surface area (Å²) in [5.74, 6) is 0.218. The van der Waals surface area contributed by atoms with Crippen molar-refractivity contribution in [1.82, 2.24) is 9.80 Å². The van der Waals surface area contributed by atoms with Crippen molar-refractivity contribution in [2.75, 3.05) is 39.4 Å². The predicted octanol–water partition coefficient (Wildman–Crippen LogP) is 2.65. The number of aliphatic hydroxyl groups is 1. The summed E-state index contributed by atoms with van der Waals surface area (Å²) >= 11 is 0. The molecule has 4 fully saturated rings. The van der Waals surface area contributed by atoms with E-state index >= 15 is 0 Å². The summed E-state index contributed by atoms with van der Waals surface area (Å²) in [4.78, 5) is 30.4. The SMILES string of the molecule is CC(C)CN(C[C@@H](O)[C@@H](CC(=O)OC1C2COC3OCC1C3C2)Cc1ccccc1)C(=O)N1CCCC(N)C1. The van der Waals surface area contributed by atoms with Gasteiger partial charge < -0.3 is 34.9 Å². The molecule has 1 saturated carbocycles. The summed E-state index contributed by atoms with van der Waals surface area (Å²) in [5, 5.41) is 11.5. The van der Waals surface area contributed by atoms with Gasteiger partial charge in [0.1, 0.15) is 6.10 Å². The molecular weight excluding hydrogens is 498 g/mol. The third kappa shape index (κ3) is 6.76. The third-order valence-electron chi connectivity index (χ3n) is 8.86. The quantitative estimate of drug-likeness (QED) is 0.436. The zero-order valence-electron chi connectivity index (χ0n) is 23.3. The lowest BCUT2D eigenvalue weighted by atomic mass is 9.90. The van der Waals surface area contributed by atoms with Crippen LogP contribution in [0.5, 0.6) is 0 Å². The Labute approximate surface area is 231 Å². The van der Waals surface area contributed by atoms with Crippen LogP contribution in [0.15, 0.2) is 30.3 Å². The number of urea groups is 1. The first-order valence-electron chi connectivity index (χ1n) is 14.7. The van der Waals surface area contributed by atoms with Crippen LogP contribution in [0.4, 0.5) is 4.79 Å². The van der Waals surface area contributed by atoms with Gasteiger partial charge in [-0.05, 0) is 37.2 Å². The first-order valence-corrected chi connectivity index (χ1v) is 14.7. The zero-order chi connectivity index (χ0) is 27.5. The molecule has 1 aromatic rings. The Kier molecular flexibility index (Phi) is 9.11. The number of fused-ring (bicyclic) bond motifs is 1. The average molecular weight is 544 g/mol. The van der Waals surface area contributed by atoms with Crippen molar-refractivity contribution in [2.45, 2.75) is 70.5 Å². The predicted molar refractivity (Wildman–Crippen MR) is 146 cm³/mol. The van der Waals surface area contributed by atoms with Crippen molar-refractivity contribution in [1.29, 1.82) is 0 Å². The van der Waals surface area contributed by atoms with Crippen LogP contribution in [-0.2, 0) is 25.4 Å². The molecule has 6 unspecified atom stereocenters. The van der Waals surface area contributed by atoms with Crippen LogP contribution in [0.3, 0.4) is 0 Å². The number of amides is 2. The number of aliphatic hydroxyl groups excluding tert-OH is 1. The van der Waals surface area contributed by atoms with Crippen molar-refractivity contribution in [2.24, 2.45) is 35.3 Å². The number of esters is 1. The lowest BCUT2D eigenvalue weighted by molar-refractivity contribution is -0.178. The van der Waals surface area contributed by atoms with Crippen LogP contribution in [-0.4, -0.2) is 90.8 Å². The van der Waals surface area contributed by atoms with E-state index in [1.54, 1.807) is 9.80 Å². The number of rotatable bonds is 10. The van der Waals surface area contributed by atoms with Gasteiger partial charge in [0.2, 0.25) is 0 Å². The lowest BCUT2D eigenvalue weighted by Crippen LogP contribution is -2.53. The van der Waals surface area contributed by atoms with E-state index in [-0.39, 0.29) is 61.2 Å². The van der Waals surface area contributed by atoms with Crippen LogP contribution < -0.4 is 5.73 Å². The number of piperidine rings is 1. The van der Waals surface area contributed by atoms with Gasteiger partial charge in [0.05, 0.1) is 25.7 Å². The molecule has 4 aliphatic rings. The molecule has 3 saturated heterocycles. The van der Waals surface area contributed by atoms with Gasteiger partial charge in [0, 0.05) is 55.9 Å². The number of nitrogens with zero attached hydrogens (tertiary/aromatic N) is 2. The molecule has 2 bridgehead atoms. The van der Waals surface area contributed by atoms with Gasteiger partial charge in [0.25, 0.3) is 0 Å². The molecule has 39 heavy (non-hydrogen) atoms. The summed E-state index contributed by atoms with van der Waals surface area (Å²) in [6, 6.07) is 9.77. The second-order valence-electron chi connectivity index (χ2n) is 12.5. The molecule has 2 amide bonds. The highest BCUT2D eigenvalue weighted by atomic mass is 16.7. The molecule has 9 heteroatoms. The molecule has 1 aliphatic carbocycles. The van der Waals surface area contributed by atoms with Crippen molar-refractivity contribution < 1.29 is 28.9 Å². The molecule has 0 radical (unpaired) electrons. The fraction of sp³-hybridized carbons (Fsp3) is 0.733. The van der Waals surface area contributed by atoms with Gasteiger partial charge >= 0.3 is 12.0 Å². The van der Waals surface area contributed by atoms with Crippen LogP contribution >= 0.6 is 0 Å². The van der Waals surface area contributed by atoms with Crippen molar-refractivity contribution in [3.8, 4) is 0 Å². The highest BCUT2D eigenvalue weighted by Gasteiger charge is 2.56. The molecule has 3 aliphatic heterocycles. The maximum atomic E-state index is 13.5. The highest BCUT2D eigenvalue weighted by Crippen LogP contribution is 2.49. The molecule has 5 rings (SSSR count). The van der Waals surface area contributed by atoms with Crippen LogP contribution in [0.25, 0.3) is 0 Å². The summed E-state index contributed by atoms with van der Waals surface area (Å²) in [6.07, 6.45) is 2.12. The maximum absolute atomic E-state index is 13.5.